The summed E-state index contributed by atoms with van der Waals surface area (Å²) in [5.41, 5.74) is 6.08. The monoisotopic (exact) mass is 257 g/mol. The Morgan fingerprint density at radius 2 is 2.00 bits per heavy atom. The molecule has 0 unspecified atom stereocenters. The van der Waals surface area contributed by atoms with Crippen molar-refractivity contribution in [1.29, 1.82) is 0 Å². The fourth-order valence-electron chi connectivity index (χ4n) is 1.43. The van der Waals surface area contributed by atoms with Crippen LogP contribution in [0.2, 0.25) is 0 Å². The third-order valence-corrected chi connectivity index (χ3v) is 4.13. The number of nitrogens with zero attached hydrogens (tertiary/aromatic N) is 1. The molecule has 0 amide bonds. The first-order valence-corrected chi connectivity index (χ1v) is 7.19. The second kappa shape index (κ2) is 6.09. The quantitative estimate of drug-likeness (QED) is 0.796. The van der Waals surface area contributed by atoms with E-state index in [1.807, 2.05) is 13.8 Å². The second-order valence-corrected chi connectivity index (χ2v) is 5.54. The summed E-state index contributed by atoms with van der Waals surface area (Å²) in [4.78, 5) is 4.16. The molecule has 96 valence electrons. The second-order valence-electron chi connectivity index (χ2n) is 3.82. The maximum Gasteiger partial charge on any atom is 0.242 e. The summed E-state index contributed by atoms with van der Waals surface area (Å²) in [6.45, 7) is 4.21. The lowest BCUT2D eigenvalue weighted by Crippen LogP contribution is -2.33. The number of sulfonamides is 1. The summed E-state index contributed by atoms with van der Waals surface area (Å²) in [5, 5.41) is 0. The number of nitrogens with two attached hydrogens (primary N) is 1. The minimum Gasteiger partial charge on any atom is -0.325 e. The van der Waals surface area contributed by atoms with Crippen molar-refractivity contribution in [3.63, 3.8) is 0 Å². The number of hydrogen-bond acceptors (Lipinski definition) is 4. The molecular weight excluding hydrogens is 238 g/mol. The topological polar surface area (TPSA) is 85.1 Å². The van der Waals surface area contributed by atoms with Crippen molar-refractivity contribution in [3.05, 3.63) is 24.0 Å². The van der Waals surface area contributed by atoms with Crippen molar-refractivity contribution >= 4 is 10.0 Å². The van der Waals surface area contributed by atoms with E-state index < -0.39 is 10.0 Å². The Labute approximate surface area is 102 Å². The van der Waals surface area contributed by atoms with E-state index in [1.165, 1.54) is 12.3 Å². The first-order chi connectivity index (χ1) is 8.03. The average molecular weight is 257 g/mol. The van der Waals surface area contributed by atoms with E-state index in [2.05, 4.69) is 9.71 Å². The molecule has 0 aliphatic carbocycles. The van der Waals surface area contributed by atoms with Crippen LogP contribution in [0.4, 0.5) is 0 Å². The minimum absolute atomic E-state index is 0.0332. The van der Waals surface area contributed by atoms with Crippen molar-refractivity contribution in [2.75, 3.05) is 0 Å². The number of pyridine rings is 1. The smallest absolute Gasteiger partial charge is 0.242 e. The predicted molar refractivity (Wildman–Crippen MR) is 66.8 cm³/mol. The fraction of sp³-hybridized carbons (Fsp3) is 0.545. The van der Waals surface area contributed by atoms with Gasteiger partial charge in [0.2, 0.25) is 10.0 Å². The Hall–Kier alpha value is -0.980. The van der Waals surface area contributed by atoms with E-state index in [9.17, 15) is 8.42 Å². The van der Waals surface area contributed by atoms with Gasteiger partial charge in [-0.25, -0.2) is 13.1 Å². The van der Waals surface area contributed by atoms with Crippen LogP contribution in [0.5, 0.6) is 0 Å². The molecule has 1 rings (SSSR count). The number of nitrogens with one attached hydrogen (secondary N) is 1. The average Bonchev–Trinajstić information content (AvgIpc) is 2.36. The molecule has 17 heavy (non-hydrogen) atoms. The molecule has 1 aromatic rings. The zero-order chi connectivity index (χ0) is 12.9. The molecule has 0 fully saturated rings. The van der Waals surface area contributed by atoms with Crippen molar-refractivity contribution in [2.24, 2.45) is 5.73 Å². The van der Waals surface area contributed by atoms with Gasteiger partial charge in [0.05, 0.1) is 5.69 Å². The third kappa shape index (κ3) is 3.76. The highest BCUT2D eigenvalue weighted by Gasteiger charge is 2.18. The highest BCUT2D eigenvalue weighted by atomic mass is 32.2. The van der Waals surface area contributed by atoms with Gasteiger partial charge in [0.1, 0.15) is 4.90 Å². The van der Waals surface area contributed by atoms with Gasteiger partial charge in [-0.05, 0) is 25.0 Å². The van der Waals surface area contributed by atoms with Gasteiger partial charge < -0.3 is 5.73 Å². The summed E-state index contributed by atoms with van der Waals surface area (Å²) in [6.07, 6.45) is 2.88. The van der Waals surface area contributed by atoms with Crippen molar-refractivity contribution < 1.29 is 8.42 Å². The van der Waals surface area contributed by atoms with E-state index in [0.29, 0.717) is 12.2 Å². The Balaban J connectivity index is 2.89. The molecule has 6 heteroatoms. The Bertz CT molecular complexity index is 438. The number of aromatic nitrogens is 1. The van der Waals surface area contributed by atoms with Gasteiger partial charge in [-0.1, -0.05) is 13.8 Å². The summed E-state index contributed by atoms with van der Waals surface area (Å²) < 4.78 is 26.6. The molecule has 1 heterocycles. The van der Waals surface area contributed by atoms with Gasteiger partial charge in [0, 0.05) is 18.8 Å². The van der Waals surface area contributed by atoms with Crippen LogP contribution in [0.3, 0.4) is 0 Å². The van der Waals surface area contributed by atoms with Crippen LogP contribution in [0.1, 0.15) is 32.4 Å². The molecule has 0 aliphatic rings. The molecule has 0 aliphatic heterocycles. The molecule has 0 saturated heterocycles. The lowest BCUT2D eigenvalue weighted by molar-refractivity contribution is 0.530. The molecule has 0 aromatic carbocycles. The molecule has 0 spiro atoms. The highest BCUT2D eigenvalue weighted by molar-refractivity contribution is 7.89. The van der Waals surface area contributed by atoms with E-state index in [4.69, 9.17) is 5.73 Å². The molecule has 0 bridgehead atoms. The third-order valence-electron chi connectivity index (χ3n) is 2.62. The summed E-state index contributed by atoms with van der Waals surface area (Å²) >= 11 is 0. The number of hydrogen-bond donors (Lipinski definition) is 2. The van der Waals surface area contributed by atoms with Crippen LogP contribution in [0, 0.1) is 0 Å². The van der Waals surface area contributed by atoms with Gasteiger partial charge in [0.15, 0.2) is 0 Å². The van der Waals surface area contributed by atoms with Crippen molar-refractivity contribution in [1.82, 2.24) is 9.71 Å². The Kier molecular flexibility index (Phi) is 5.04. The van der Waals surface area contributed by atoms with Crippen LogP contribution in [-0.2, 0) is 16.6 Å². The minimum atomic E-state index is -3.46. The molecule has 0 radical (unpaired) electrons. The molecule has 3 N–H and O–H groups in total. The van der Waals surface area contributed by atoms with Gasteiger partial charge in [-0.15, -0.1) is 0 Å². The lowest BCUT2D eigenvalue weighted by Gasteiger charge is -2.14. The fourth-order valence-corrected chi connectivity index (χ4v) is 2.78. The zero-order valence-electron chi connectivity index (χ0n) is 10.2. The predicted octanol–water partition coefficient (Wildman–Crippen LogP) is 1.01. The van der Waals surface area contributed by atoms with E-state index in [1.54, 1.807) is 6.07 Å². The lowest BCUT2D eigenvalue weighted by atomic mass is 10.2. The van der Waals surface area contributed by atoms with Crippen molar-refractivity contribution in [3.8, 4) is 0 Å². The largest absolute Gasteiger partial charge is 0.325 e. The molecule has 1 aromatic heterocycles. The first kappa shape index (κ1) is 14.1. The molecule has 0 atom stereocenters. The maximum atomic E-state index is 12.0. The summed E-state index contributed by atoms with van der Waals surface area (Å²) in [7, 11) is -3.46. The molecule has 0 saturated carbocycles. The maximum absolute atomic E-state index is 12.0. The van der Waals surface area contributed by atoms with Crippen molar-refractivity contribution in [2.45, 2.75) is 44.2 Å². The number of rotatable bonds is 6. The normalized spacial score (nSPS) is 12.0. The standard InChI is InChI=1S/C11H19N3O2S/c1-3-9(4-2)14-17(15,16)11-6-5-10(7-12)13-8-11/h5-6,8-9,14H,3-4,7,12H2,1-2H3. The zero-order valence-corrected chi connectivity index (χ0v) is 11.0. The van der Waals surface area contributed by atoms with Crippen LogP contribution < -0.4 is 10.5 Å². The van der Waals surface area contributed by atoms with E-state index >= 15 is 0 Å². The highest BCUT2D eigenvalue weighted by Crippen LogP contribution is 2.10. The van der Waals surface area contributed by atoms with Gasteiger partial charge in [0.25, 0.3) is 0 Å². The van der Waals surface area contributed by atoms with Crippen LogP contribution in [-0.4, -0.2) is 19.4 Å². The van der Waals surface area contributed by atoms with E-state index in [-0.39, 0.29) is 10.9 Å². The first-order valence-electron chi connectivity index (χ1n) is 5.70. The van der Waals surface area contributed by atoms with E-state index in [0.717, 1.165) is 12.8 Å². The molecule has 5 nitrogen and oxygen atoms in total. The SMILES string of the molecule is CCC(CC)NS(=O)(=O)c1ccc(CN)nc1. The van der Waals surface area contributed by atoms with Gasteiger partial charge >= 0.3 is 0 Å². The van der Waals surface area contributed by atoms with Crippen LogP contribution >= 0.6 is 0 Å². The Morgan fingerprint density at radius 3 is 2.41 bits per heavy atom. The summed E-state index contributed by atoms with van der Waals surface area (Å²) in [6, 6.07) is 3.12. The van der Waals surface area contributed by atoms with Crippen LogP contribution in [0.15, 0.2) is 23.2 Å². The van der Waals surface area contributed by atoms with Crippen LogP contribution in [0.25, 0.3) is 0 Å². The Morgan fingerprint density at radius 1 is 1.35 bits per heavy atom. The van der Waals surface area contributed by atoms with Gasteiger partial charge in [-0.2, -0.15) is 0 Å². The molecular formula is C11H19N3O2S. The summed E-state index contributed by atoms with van der Waals surface area (Å²) in [5.74, 6) is 0. The van der Waals surface area contributed by atoms with Gasteiger partial charge in [-0.3, -0.25) is 4.98 Å².